The van der Waals surface area contributed by atoms with E-state index in [0.717, 1.165) is 5.75 Å². The third-order valence-electron chi connectivity index (χ3n) is 11.7. The van der Waals surface area contributed by atoms with Crippen LogP contribution in [0.4, 0.5) is 0 Å². The third kappa shape index (κ3) is 6.46. The van der Waals surface area contributed by atoms with E-state index in [4.69, 9.17) is 0 Å². The Kier molecular flexibility index (Phi) is 10.0. The number of benzene rings is 9. The summed E-state index contributed by atoms with van der Waals surface area (Å²) >= 11 is 0. The van der Waals surface area contributed by atoms with Gasteiger partial charge in [0.05, 0.1) is 11.0 Å². The van der Waals surface area contributed by atoms with Crippen molar-refractivity contribution in [2.45, 2.75) is 53.9 Å². The smallest absolute Gasteiger partial charge is 0.0541 e. The van der Waals surface area contributed by atoms with Gasteiger partial charge in [-0.15, -0.1) is 10.0 Å². The van der Waals surface area contributed by atoms with Gasteiger partial charge in [-0.1, -0.05) is 127 Å². The standard InChI is InChI=1S/C57H47NS2/c1-43-37-44(2)39-46(38-43)58-56-35-33-52(59(47-23-11-4-12-24-47,48-25-13-5-14-26-48)42-45-21-9-3-10-22-45)40-54(56)55-41-53(34-36-57(55)58)60(49-27-15-6-16-28-49,50-29-17-7-18-30-50)51-31-19-8-20-32-51/h3-41H,42H2,1-2H3. The molecule has 0 fully saturated rings. The van der Waals surface area contributed by atoms with Gasteiger partial charge in [0.15, 0.2) is 0 Å². The molecule has 10 rings (SSSR count). The minimum Gasteiger partial charge on any atom is -0.309 e. The first kappa shape index (κ1) is 37.7. The Labute approximate surface area is 357 Å². The van der Waals surface area contributed by atoms with Crippen molar-refractivity contribution in [1.82, 2.24) is 4.57 Å². The molecule has 10 aromatic rings. The molecule has 0 aliphatic carbocycles. The van der Waals surface area contributed by atoms with E-state index in [0.29, 0.717) is 0 Å². The molecule has 292 valence electrons. The monoisotopic (exact) mass is 809 g/mol. The zero-order valence-corrected chi connectivity index (χ0v) is 35.6. The molecule has 9 aromatic carbocycles. The van der Waals surface area contributed by atoms with Gasteiger partial charge in [0.1, 0.15) is 0 Å². The highest BCUT2D eigenvalue weighted by Crippen LogP contribution is 2.74. The van der Waals surface area contributed by atoms with Gasteiger partial charge >= 0.3 is 0 Å². The van der Waals surface area contributed by atoms with Crippen LogP contribution in [0.25, 0.3) is 27.5 Å². The second kappa shape index (κ2) is 15.9. The molecular weight excluding hydrogens is 763 g/mol. The van der Waals surface area contributed by atoms with Gasteiger partial charge in [-0.2, -0.15) is 10.0 Å². The minimum atomic E-state index is -1.91. The van der Waals surface area contributed by atoms with E-state index in [1.54, 1.807) is 0 Å². The molecule has 0 saturated heterocycles. The molecule has 0 amide bonds. The van der Waals surface area contributed by atoms with Crippen molar-refractivity contribution >= 4 is 41.9 Å². The summed E-state index contributed by atoms with van der Waals surface area (Å²) in [5.41, 5.74) is 7.46. The van der Waals surface area contributed by atoms with Gasteiger partial charge in [0, 0.05) is 41.8 Å². The van der Waals surface area contributed by atoms with E-state index in [9.17, 15) is 0 Å². The van der Waals surface area contributed by atoms with Gasteiger partial charge in [0.25, 0.3) is 0 Å². The number of nitrogens with zero attached hydrogens (tertiary/aromatic N) is 1. The van der Waals surface area contributed by atoms with Crippen LogP contribution in [0.15, 0.2) is 271 Å². The maximum absolute atomic E-state index is 2.56. The summed E-state index contributed by atoms with van der Waals surface area (Å²) in [6.07, 6.45) is 0. The molecular formula is C57H47NS2. The Morgan fingerprint density at radius 1 is 0.333 bits per heavy atom. The predicted octanol–water partition coefficient (Wildman–Crippen LogP) is 16.2. The van der Waals surface area contributed by atoms with Crippen LogP contribution in [0.3, 0.4) is 0 Å². The number of rotatable bonds is 10. The van der Waals surface area contributed by atoms with Gasteiger partial charge in [0.2, 0.25) is 0 Å². The highest BCUT2D eigenvalue weighted by atomic mass is 32.3. The molecule has 0 spiro atoms. The average molecular weight is 810 g/mol. The fourth-order valence-corrected chi connectivity index (χ4v) is 17.0. The lowest BCUT2D eigenvalue weighted by Gasteiger charge is -2.42. The van der Waals surface area contributed by atoms with Crippen LogP contribution in [-0.2, 0) is 5.75 Å². The highest BCUT2D eigenvalue weighted by molar-refractivity contribution is 8.34. The maximum atomic E-state index is 2.56. The van der Waals surface area contributed by atoms with Crippen LogP contribution in [0.2, 0.25) is 0 Å². The molecule has 1 heterocycles. The van der Waals surface area contributed by atoms with Gasteiger partial charge in [-0.3, -0.25) is 0 Å². The Hall–Kier alpha value is -6.52. The van der Waals surface area contributed by atoms with Crippen molar-refractivity contribution in [2.75, 3.05) is 0 Å². The van der Waals surface area contributed by atoms with E-state index in [2.05, 4.69) is 255 Å². The number of aryl methyl sites for hydroxylation is 2. The van der Waals surface area contributed by atoms with E-state index in [1.807, 2.05) is 0 Å². The molecule has 1 nitrogen and oxygen atoms in total. The molecule has 0 atom stereocenters. The van der Waals surface area contributed by atoms with E-state index < -0.39 is 20.1 Å². The Bertz CT molecular complexity index is 2900. The second-order valence-electron chi connectivity index (χ2n) is 15.6. The Morgan fingerprint density at radius 2 is 0.700 bits per heavy atom. The maximum Gasteiger partial charge on any atom is 0.0541 e. The third-order valence-corrected chi connectivity index (χ3v) is 19.6. The number of hydrogen-bond donors (Lipinski definition) is 0. The predicted molar refractivity (Wildman–Crippen MR) is 256 cm³/mol. The van der Waals surface area contributed by atoms with Crippen LogP contribution in [0.1, 0.15) is 16.7 Å². The summed E-state index contributed by atoms with van der Waals surface area (Å²) < 4.78 is 2.50. The number of fused-ring (bicyclic) bond motifs is 3. The SMILES string of the molecule is Cc1cc(C)cc(-n2c3ccc(S(Cc4ccccc4)(c4ccccc4)c4ccccc4)cc3c3cc(S(c4ccccc4)(c4ccccc4)c4ccccc4)ccc32)c1. The van der Waals surface area contributed by atoms with Crippen LogP contribution in [0.5, 0.6) is 0 Å². The first-order valence-electron chi connectivity index (χ1n) is 20.7. The molecule has 0 unspecified atom stereocenters. The highest BCUT2D eigenvalue weighted by Gasteiger charge is 2.35. The molecule has 0 aliphatic rings. The normalized spacial score (nSPS) is 12.4. The van der Waals surface area contributed by atoms with Crippen molar-refractivity contribution in [3.05, 3.63) is 253 Å². The molecule has 0 aliphatic heterocycles. The van der Waals surface area contributed by atoms with Gasteiger partial charge in [-0.05, 0) is 154 Å². The molecule has 0 bridgehead atoms. The topological polar surface area (TPSA) is 4.93 Å². The van der Waals surface area contributed by atoms with E-state index >= 15 is 0 Å². The fraction of sp³-hybridized carbons (Fsp3) is 0.0526. The van der Waals surface area contributed by atoms with Gasteiger partial charge in [-0.25, -0.2) is 0 Å². The molecule has 60 heavy (non-hydrogen) atoms. The average Bonchev–Trinajstić information content (AvgIpc) is 3.63. The largest absolute Gasteiger partial charge is 0.309 e. The zero-order chi connectivity index (χ0) is 40.5. The van der Waals surface area contributed by atoms with Crippen LogP contribution < -0.4 is 0 Å². The number of hydrogen-bond acceptors (Lipinski definition) is 0. The minimum absolute atomic E-state index is 0.900. The lowest BCUT2D eigenvalue weighted by molar-refractivity contribution is 1.15. The second-order valence-corrected chi connectivity index (χ2v) is 21.9. The first-order chi connectivity index (χ1) is 29.6. The molecule has 0 saturated carbocycles. The fourth-order valence-electron chi connectivity index (χ4n) is 9.23. The van der Waals surface area contributed by atoms with Crippen molar-refractivity contribution in [3.63, 3.8) is 0 Å². The Morgan fingerprint density at radius 3 is 1.13 bits per heavy atom. The summed E-state index contributed by atoms with van der Waals surface area (Å²) in [5, 5.41) is 2.53. The van der Waals surface area contributed by atoms with Gasteiger partial charge < -0.3 is 4.57 Å². The number of aromatic nitrogens is 1. The quantitative estimate of drug-likeness (QED) is 0.130. The first-order valence-corrected chi connectivity index (χ1v) is 24.1. The van der Waals surface area contributed by atoms with Crippen LogP contribution in [0, 0.1) is 13.8 Å². The molecule has 3 heteroatoms. The summed E-state index contributed by atoms with van der Waals surface area (Å²) in [5.74, 6) is 0.900. The Balaban J connectivity index is 1.33. The molecule has 0 radical (unpaired) electrons. The lowest BCUT2D eigenvalue weighted by Crippen LogP contribution is -2.07. The van der Waals surface area contributed by atoms with E-state index in [1.165, 1.54) is 78.5 Å². The summed E-state index contributed by atoms with van der Waals surface area (Å²) in [6, 6.07) is 88.9. The summed E-state index contributed by atoms with van der Waals surface area (Å²) in [6.45, 7) is 4.41. The molecule has 1 aromatic heterocycles. The molecule has 0 N–H and O–H groups in total. The summed E-state index contributed by atoms with van der Waals surface area (Å²) in [7, 11) is -3.70. The summed E-state index contributed by atoms with van der Waals surface area (Å²) in [4.78, 5) is 9.35. The van der Waals surface area contributed by atoms with Crippen LogP contribution in [-0.4, -0.2) is 4.57 Å². The van der Waals surface area contributed by atoms with Crippen molar-refractivity contribution < 1.29 is 0 Å². The van der Waals surface area contributed by atoms with E-state index in [-0.39, 0.29) is 0 Å². The van der Waals surface area contributed by atoms with Crippen LogP contribution >= 0.6 is 20.1 Å². The lowest BCUT2D eigenvalue weighted by atomic mass is 10.1. The zero-order valence-electron chi connectivity index (χ0n) is 34.0. The van der Waals surface area contributed by atoms with Crippen molar-refractivity contribution in [2.24, 2.45) is 0 Å². The van der Waals surface area contributed by atoms with Crippen molar-refractivity contribution in [1.29, 1.82) is 0 Å². The van der Waals surface area contributed by atoms with Crippen molar-refractivity contribution in [3.8, 4) is 5.69 Å².